The first kappa shape index (κ1) is 23.5. The molecular weight excluding hydrogens is 452 g/mol. The average molecular weight is 479 g/mol. The number of benzene rings is 2. The van der Waals surface area contributed by atoms with Gasteiger partial charge in [-0.25, -0.2) is 9.79 Å². The fourth-order valence-electron chi connectivity index (χ4n) is 3.90. The predicted octanol–water partition coefficient (Wildman–Crippen LogP) is 3.21. The van der Waals surface area contributed by atoms with Crippen molar-refractivity contribution in [1.29, 1.82) is 0 Å². The lowest BCUT2D eigenvalue weighted by Gasteiger charge is -2.24. The molecule has 1 aromatic heterocycles. The molecule has 2 aromatic carbocycles. The molecule has 4 rings (SSSR count). The molecule has 8 heteroatoms. The topological polar surface area (TPSA) is 79.1 Å². The minimum Gasteiger partial charge on any atom is -0.497 e. The number of fused-ring (bicyclic) bond motifs is 1. The molecule has 0 aliphatic carbocycles. The fraction of sp³-hybridized carbons (Fsp3) is 0.269. The largest absolute Gasteiger partial charge is 0.497 e. The van der Waals surface area contributed by atoms with Crippen molar-refractivity contribution in [3.05, 3.63) is 90.6 Å². The Balaban J connectivity index is 1.90. The molecule has 0 saturated heterocycles. The minimum absolute atomic E-state index is 0.222. The molecule has 0 fully saturated rings. The molecular formula is C26H26N2O5S. The van der Waals surface area contributed by atoms with Gasteiger partial charge in [0.1, 0.15) is 11.5 Å². The van der Waals surface area contributed by atoms with E-state index in [-0.39, 0.29) is 12.2 Å². The van der Waals surface area contributed by atoms with Gasteiger partial charge in [0.05, 0.1) is 42.2 Å². The lowest BCUT2D eigenvalue weighted by atomic mass is 9.96. The van der Waals surface area contributed by atoms with E-state index < -0.39 is 12.0 Å². The monoisotopic (exact) mass is 478 g/mol. The molecule has 1 atom stereocenters. The van der Waals surface area contributed by atoms with Gasteiger partial charge in [0.2, 0.25) is 0 Å². The summed E-state index contributed by atoms with van der Waals surface area (Å²) < 4.78 is 18.3. The van der Waals surface area contributed by atoms with Gasteiger partial charge in [-0.1, -0.05) is 35.6 Å². The summed E-state index contributed by atoms with van der Waals surface area (Å²) >= 11 is 1.29. The molecule has 0 amide bonds. The van der Waals surface area contributed by atoms with Gasteiger partial charge in [0.25, 0.3) is 5.56 Å². The van der Waals surface area contributed by atoms with E-state index in [1.54, 1.807) is 25.5 Å². The number of carbonyl (C=O) groups is 1. The maximum atomic E-state index is 13.6. The highest BCUT2D eigenvalue weighted by Gasteiger charge is 2.33. The second kappa shape index (κ2) is 10.1. The van der Waals surface area contributed by atoms with Crippen LogP contribution in [-0.4, -0.2) is 30.9 Å². The Morgan fingerprint density at radius 3 is 2.56 bits per heavy atom. The number of aromatic nitrogens is 1. The van der Waals surface area contributed by atoms with E-state index in [4.69, 9.17) is 14.2 Å². The first-order valence-electron chi connectivity index (χ1n) is 11.0. The molecule has 3 aromatic rings. The molecule has 176 valence electrons. The van der Waals surface area contributed by atoms with Crippen molar-refractivity contribution in [2.75, 3.05) is 20.3 Å². The first-order chi connectivity index (χ1) is 16.5. The quantitative estimate of drug-likeness (QED) is 0.488. The zero-order valence-electron chi connectivity index (χ0n) is 19.5. The highest BCUT2D eigenvalue weighted by molar-refractivity contribution is 7.07. The average Bonchev–Trinajstić information content (AvgIpc) is 3.13. The number of nitrogens with zero attached hydrogens (tertiary/aromatic N) is 2. The highest BCUT2D eigenvalue weighted by Crippen LogP contribution is 2.31. The summed E-state index contributed by atoms with van der Waals surface area (Å²) in [7, 11) is 1.60. The predicted molar refractivity (Wildman–Crippen MR) is 131 cm³/mol. The molecule has 0 radical (unpaired) electrons. The Kier molecular flexibility index (Phi) is 6.98. The van der Waals surface area contributed by atoms with Gasteiger partial charge < -0.3 is 14.2 Å². The molecule has 0 N–H and O–H groups in total. The number of allylic oxidation sites excluding steroid dienone is 1. The van der Waals surface area contributed by atoms with E-state index in [2.05, 4.69) is 4.99 Å². The summed E-state index contributed by atoms with van der Waals surface area (Å²) in [6.07, 6.45) is 1.81. The Bertz CT molecular complexity index is 1420. The Morgan fingerprint density at radius 1 is 1.12 bits per heavy atom. The minimum atomic E-state index is -0.654. The van der Waals surface area contributed by atoms with Crippen LogP contribution in [0, 0.1) is 0 Å². The van der Waals surface area contributed by atoms with Gasteiger partial charge in [-0.2, -0.15) is 0 Å². The normalized spacial score (nSPS) is 15.5. The van der Waals surface area contributed by atoms with Crippen molar-refractivity contribution in [2.45, 2.75) is 26.8 Å². The van der Waals surface area contributed by atoms with Gasteiger partial charge in [0, 0.05) is 0 Å². The van der Waals surface area contributed by atoms with Gasteiger partial charge in [-0.3, -0.25) is 9.36 Å². The summed E-state index contributed by atoms with van der Waals surface area (Å²) in [5.41, 5.74) is 2.27. The van der Waals surface area contributed by atoms with Crippen LogP contribution in [0.5, 0.6) is 11.5 Å². The second-order valence-electron chi connectivity index (χ2n) is 7.58. The smallest absolute Gasteiger partial charge is 0.338 e. The molecule has 1 aliphatic heterocycles. The van der Waals surface area contributed by atoms with Crippen molar-refractivity contribution < 1.29 is 19.0 Å². The van der Waals surface area contributed by atoms with Crippen LogP contribution in [0.1, 0.15) is 37.9 Å². The SMILES string of the molecule is CCOC(=O)C1=C(C)N=c2s/c(=C/c3cccc(OC)c3)c(=O)n2[C@@H]1c1ccc(OCC)cc1. The molecule has 34 heavy (non-hydrogen) atoms. The van der Waals surface area contributed by atoms with Crippen molar-refractivity contribution in [3.8, 4) is 11.5 Å². The van der Waals surface area contributed by atoms with E-state index in [1.165, 1.54) is 11.3 Å². The van der Waals surface area contributed by atoms with Crippen molar-refractivity contribution in [2.24, 2.45) is 4.99 Å². The van der Waals surface area contributed by atoms with Crippen LogP contribution in [0.25, 0.3) is 6.08 Å². The van der Waals surface area contributed by atoms with Gasteiger partial charge >= 0.3 is 5.97 Å². The number of esters is 1. The number of hydrogen-bond donors (Lipinski definition) is 0. The third-order valence-corrected chi connectivity index (χ3v) is 6.40. The summed E-state index contributed by atoms with van der Waals surface area (Å²) in [5, 5.41) is 0. The van der Waals surface area contributed by atoms with E-state index in [0.717, 1.165) is 16.9 Å². The Hall–Kier alpha value is -3.65. The molecule has 0 saturated carbocycles. The molecule has 0 bridgehead atoms. The third-order valence-electron chi connectivity index (χ3n) is 5.42. The molecule has 7 nitrogen and oxygen atoms in total. The van der Waals surface area contributed by atoms with Gasteiger partial charge in [-0.05, 0) is 62.2 Å². The zero-order valence-corrected chi connectivity index (χ0v) is 20.3. The number of methoxy groups -OCH3 is 1. The first-order valence-corrected chi connectivity index (χ1v) is 11.8. The van der Waals surface area contributed by atoms with Crippen LogP contribution < -0.4 is 24.4 Å². The van der Waals surface area contributed by atoms with Crippen LogP contribution in [0.2, 0.25) is 0 Å². The standard InChI is InChI=1S/C26H26N2O5S/c1-5-32-19-12-10-18(11-13-19)23-22(25(30)33-6-2)16(3)27-26-28(23)24(29)21(34-26)15-17-8-7-9-20(14-17)31-4/h7-15,23H,5-6H2,1-4H3/b21-15+/t23-/m1/s1. The lowest BCUT2D eigenvalue weighted by molar-refractivity contribution is -0.139. The van der Waals surface area contributed by atoms with E-state index in [1.807, 2.05) is 61.5 Å². The summed E-state index contributed by atoms with van der Waals surface area (Å²) in [6, 6.07) is 14.2. The Labute approximate surface area is 201 Å². The number of rotatable bonds is 7. The van der Waals surface area contributed by atoms with E-state index in [0.29, 0.717) is 33.0 Å². The number of thiazole rings is 1. The van der Waals surface area contributed by atoms with Gasteiger partial charge in [0.15, 0.2) is 4.80 Å². The fourth-order valence-corrected chi connectivity index (χ4v) is 4.95. The summed E-state index contributed by atoms with van der Waals surface area (Å²) in [4.78, 5) is 31.7. The van der Waals surface area contributed by atoms with E-state index >= 15 is 0 Å². The Morgan fingerprint density at radius 2 is 1.88 bits per heavy atom. The van der Waals surface area contributed by atoms with Crippen LogP contribution in [0.15, 0.2) is 69.6 Å². The van der Waals surface area contributed by atoms with Crippen LogP contribution in [0.4, 0.5) is 0 Å². The molecule has 1 aliphatic rings. The zero-order chi connectivity index (χ0) is 24.2. The maximum Gasteiger partial charge on any atom is 0.338 e. The van der Waals surface area contributed by atoms with Gasteiger partial charge in [-0.15, -0.1) is 0 Å². The number of ether oxygens (including phenoxy) is 3. The number of hydrogen-bond acceptors (Lipinski definition) is 7. The van der Waals surface area contributed by atoms with Crippen molar-refractivity contribution in [3.63, 3.8) is 0 Å². The molecule has 0 spiro atoms. The highest BCUT2D eigenvalue weighted by atomic mass is 32.1. The maximum absolute atomic E-state index is 13.6. The van der Waals surface area contributed by atoms with Crippen LogP contribution in [0.3, 0.4) is 0 Å². The second-order valence-corrected chi connectivity index (χ2v) is 8.59. The van der Waals surface area contributed by atoms with Crippen LogP contribution >= 0.6 is 11.3 Å². The van der Waals surface area contributed by atoms with Crippen molar-refractivity contribution in [1.82, 2.24) is 4.57 Å². The summed E-state index contributed by atoms with van der Waals surface area (Å²) in [6.45, 7) is 6.22. The molecule has 0 unspecified atom stereocenters. The number of carbonyl (C=O) groups excluding carboxylic acids is 1. The summed E-state index contributed by atoms with van der Waals surface area (Å²) in [5.74, 6) is 0.939. The van der Waals surface area contributed by atoms with Crippen molar-refractivity contribution >= 4 is 23.4 Å². The van der Waals surface area contributed by atoms with E-state index in [9.17, 15) is 9.59 Å². The molecule has 2 heterocycles. The lowest BCUT2D eigenvalue weighted by Crippen LogP contribution is -2.39. The third kappa shape index (κ3) is 4.54. The van der Waals surface area contributed by atoms with Crippen LogP contribution in [-0.2, 0) is 9.53 Å².